The molecular formula is C26H32ClNO4Si. The maximum absolute atomic E-state index is 6.67. The second-order valence-corrected chi connectivity index (χ2v) is 13.5. The van der Waals surface area contributed by atoms with Gasteiger partial charge in [0.05, 0.1) is 33.1 Å². The van der Waals surface area contributed by atoms with Crippen LogP contribution in [0.15, 0.2) is 66.7 Å². The fourth-order valence-electron chi connectivity index (χ4n) is 3.64. The van der Waals surface area contributed by atoms with Crippen LogP contribution in [0, 0.1) is 0 Å². The number of hydroxylamine groups is 1. The van der Waals surface area contributed by atoms with Gasteiger partial charge in [-0.1, -0.05) is 41.9 Å². The SMILES string of the molecule is COc1cc(C(Cc2ccc(Cl)cc2)N(O[Si](C)(C)C)c2ccccc2)cc(OC)c1OC. The molecular weight excluding hydrogens is 454 g/mol. The Labute approximate surface area is 202 Å². The van der Waals surface area contributed by atoms with Crippen LogP contribution in [0.4, 0.5) is 5.69 Å². The van der Waals surface area contributed by atoms with Crippen molar-refractivity contribution in [3.8, 4) is 17.2 Å². The highest BCUT2D eigenvalue weighted by molar-refractivity contribution is 6.69. The minimum Gasteiger partial charge on any atom is -0.493 e. The Morgan fingerprint density at radius 3 is 1.88 bits per heavy atom. The molecule has 0 saturated carbocycles. The van der Waals surface area contributed by atoms with E-state index in [1.807, 2.05) is 59.7 Å². The van der Waals surface area contributed by atoms with Crippen LogP contribution in [0.1, 0.15) is 17.2 Å². The largest absolute Gasteiger partial charge is 0.493 e. The Balaban J connectivity index is 2.18. The molecule has 176 valence electrons. The number of hydrogen-bond acceptors (Lipinski definition) is 5. The lowest BCUT2D eigenvalue weighted by atomic mass is 9.97. The van der Waals surface area contributed by atoms with Crippen molar-refractivity contribution >= 4 is 25.6 Å². The monoisotopic (exact) mass is 485 g/mol. The normalized spacial score (nSPS) is 12.2. The number of benzene rings is 3. The lowest BCUT2D eigenvalue weighted by molar-refractivity contribution is 0.232. The van der Waals surface area contributed by atoms with Gasteiger partial charge in [-0.3, -0.25) is 5.06 Å². The fourth-order valence-corrected chi connectivity index (χ4v) is 4.59. The lowest BCUT2D eigenvalue weighted by Gasteiger charge is -2.38. The summed E-state index contributed by atoms with van der Waals surface area (Å²) in [5.74, 6) is 1.77. The van der Waals surface area contributed by atoms with Crippen LogP contribution in [0.25, 0.3) is 0 Å². The molecule has 0 aliphatic heterocycles. The Hall–Kier alpha value is -2.67. The average Bonchev–Trinajstić information content (AvgIpc) is 2.81. The number of methoxy groups -OCH3 is 3. The van der Waals surface area contributed by atoms with Crippen LogP contribution in [0.3, 0.4) is 0 Å². The quantitative estimate of drug-likeness (QED) is 0.230. The summed E-state index contributed by atoms with van der Waals surface area (Å²) in [5.41, 5.74) is 3.10. The number of anilines is 1. The van der Waals surface area contributed by atoms with Crippen molar-refractivity contribution in [2.45, 2.75) is 32.1 Å². The summed E-state index contributed by atoms with van der Waals surface area (Å²) in [5, 5.41) is 2.74. The van der Waals surface area contributed by atoms with E-state index in [-0.39, 0.29) is 6.04 Å². The molecule has 33 heavy (non-hydrogen) atoms. The Kier molecular flexibility index (Phi) is 8.29. The topological polar surface area (TPSA) is 40.2 Å². The maximum atomic E-state index is 6.67. The highest BCUT2D eigenvalue weighted by Crippen LogP contribution is 2.42. The van der Waals surface area contributed by atoms with Crippen molar-refractivity contribution < 1.29 is 18.7 Å². The predicted octanol–water partition coefficient (Wildman–Crippen LogP) is 6.92. The van der Waals surface area contributed by atoms with Crippen LogP contribution < -0.4 is 19.3 Å². The van der Waals surface area contributed by atoms with E-state index in [1.165, 1.54) is 0 Å². The van der Waals surface area contributed by atoms with Gasteiger partial charge in [-0.05, 0) is 73.6 Å². The van der Waals surface area contributed by atoms with Crippen LogP contribution in [0.5, 0.6) is 17.2 Å². The molecule has 0 radical (unpaired) electrons. The number of para-hydroxylation sites is 1. The molecule has 0 N–H and O–H groups in total. The Morgan fingerprint density at radius 1 is 0.818 bits per heavy atom. The Bertz CT molecular complexity index is 1010. The van der Waals surface area contributed by atoms with Gasteiger partial charge in [0.1, 0.15) is 0 Å². The van der Waals surface area contributed by atoms with E-state index in [1.54, 1.807) is 21.3 Å². The molecule has 0 amide bonds. The second-order valence-electron chi connectivity index (χ2n) is 8.67. The standard InChI is InChI=1S/C26H32ClNO4Si/c1-29-24-17-20(18-25(30-2)26(24)31-3)23(16-19-12-14-21(27)15-13-19)28(32-33(4,5)6)22-10-8-7-9-11-22/h7-15,17-18,23H,16H2,1-6H3. The third-order valence-corrected chi connectivity index (χ3v) is 6.08. The van der Waals surface area contributed by atoms with Gasteiger partial charge < -0.3 is 18.7 Å². The van der Waals surface area contributed by atoms with Crippen LogP contribution in [-0.4, -0.2) is 29.6 Å². The summed E-state index contributed by atoms with van der Waals surface area (Å²) in [6, 6.07) is 21.9. The Morgan fingerprint density at radius 2 is 1.39 bits per heavy atom. The minimum absolute atomic E-state index is 0.158. The molecule has 5 nitrogen and oxygen atoms in total. The molecule has 0 saturated heterocycles. The second kappa shape index (κ2) is 11.0. The van der Waals surface area contributed by atoms with E-state index in [0.717, 1.165) is 16.8 Å². The highest BCUT2D eigenvalue weighted by Gasteiger charge is 2.30. The third-order valence-electron chi connectivity index (χ3n) is 5.08. The first-order valence-electron chi connectivity index (χ1n) is 10.8. The van der Waals surface area contributed by atoms with Gasteiger partial charge in [0, 0.05) is 5.02 Å². The van der Waals surface area contributed by atoms with E-state index in [0.29, 0.717) is 28.7 Å². The minimum atomic E-state index is -1.97. The van der Waals surface area contributed by atoms with E-state index in [9.17, 15) is 0 Å². The summed E-state index contributed by atoms with van der Waals surface area (Å²) in [4.78, 5) is 0. The first kappa shape index (κ1) is 25.0. The lowest BCUT2D eigenvalue weighted by Crippen LogP contribution is -2.40. The van der Waals surface area contributed by atoms with Crippen molar-refractivity contribution in [1.82, 2.24) is 0 Å². The summed E-state index contributed by atoms with van der Waals surface area (Å²) < 4.78 is 23.5. The smallest absolute Gasteiger partial charge is 0.220 e. The van der Waals surface area contributed by atoms with Gasteiger partial charge in [-0.15, -0.1) is 0 Å². The van der Waals surface area contributed by atoms with E-state index in [2.05, 4.69) is 31.8 Å². The number of rotatable bonds is 10. The number of nitrogens with zero attached hydrogens (tertiary/aromatic N) is 1. The van der Waals surface area contributed by atoms with E-state index >= 15 is 0 Å². The predicted molar refractivity (Wildman–Crippen MR) is 137 cm³/mol. The van der Waals surface area contributed by atoms with Crippen molar-refractivity contribution in [2.24, 2.45) is 0 Å². The molecule has 0 spiro atoms. The molecule has 0 heterocycles. The van der Waals surface area contributed by atoms with Crippen molar-refractivity contribution in [2.75, 3.05) is 26.4 Å². The molecule has 0 fully saturated rings. The van der Waals surface area contributed by atoms with E-state index < -0.39 is 8.32 Å². The average molecular weight is 486 g/mol. The molecule has 1 atom stereocenters. The van der Waals surface area contributed by atoms with Gasteiger partial charge in [0.15, 0.2) is 11.5 Å². The zero-order valence-electron chi connectivity index (χ0n) is 20.1. The summed E-state index contributed by atoms with van der Waals surface area (Å²) in [6.45, 7) is 6.53. The van der Waals surface area contributed by atoms with Crippen molar-refractivity contribution in [3.05, 3.63) is 82.9 Å². The number of halogens is 1. The maximum Gasteiger partial charge on any atom is 0.220 e. The van der Waals surface area contributed by atoms with Gasteiger partial charge >= 0.3 is 0 Å². The van der Waals surface area contributed by atoms with Crippen LogP contribution in [0.2, 0.25) is 24.7 Å². The summed E-state index contributed by atoms with van der Waals surface area (Å²) >= 11 is 6.15. The molecule has 1 unspecified atom stereocenters. The molecule has 0 aromatic heterocycles. The third kappa shape index (κ3) is 6.44. The molecule has 0 aliphatic rings. The van der Waals surface area contributed by atoms with Crippen molar-refractivity contribution in [3.63, 3.8) is 0 Å². The first-order valence-corrected chi connectivity index (χ1v) is 14.6. The summed E-state index contributed by atoms with van der Waals surface area (Å²) in [7, 11) is 2.89. The van der Waals surface area contributed by atoms with Gasteiger partial charge in [0.25, 0.3) is 0 Å². The molecule has 7 heteroatoms. The summed E-state index contributed by atoms with van der Waals surface area (Å²) in [6.07, 6.45) is 0.690. The fraction of sp³-hybridized carbons (Fsp3) is 0.308. The molecule has 3 aromatic carbocycles. The number of ether oxygens (including phenoxy) is 3. The first-order chi connectivity index (χ1) is 15.8. The van der Waals surface area contributed by atoms with Crippen LogP contribution in [-0.2, 0) is 10.9 Å². The molecule has 3 rings (SSSR count). The highest BCUT2D eigenvalue weighted by atomic mass is 35.5. The van der Waals surface area contributed by atoms with E-state index in [4.69, 9.17) is 30.3 Å². The van der Waals surface area contributed by atoms with Gasteiger partial charge in [0.2, 0.25) is 14.1 Å². The molecule has 0 bridgehead atoms. The zero-order chi connectivity index (χ0) is 24.0. The molecule has 0 aliphatic carbocycles. The van der Waals surface area contributed by atoms with Crippen molar-refractivity contribution in [1.29, 1.82) is 0 Å². The van der Waals surface area contributed by atoms with Gasteiger partial charge in [-0.25, -0.2) is 0 Å². The van der Waals surface area contributed by atoms with Gasteiger partial charge in [-0.2, -0.15) is 0 Å². The molecule has 3 aromatic rings. The van der Waals surface area contributed by atoms with Crippen LogP contribution >= 0.6 is 11.6 Å². The zero-order valence-corrected chi connectivity index (χ0v) is 21.8. The number of hydrogen-bond donors (Lipinski definition) is 0.